The first-order valence-electron chi connectivity index (χ1n) is 22.2. The van der Waals surface area contributed by atoms with E-state index in [9.17, 15) is 0 Å². The van der Waals surface area contributed by atoms with Gasteiger partial charge in [-0.1, -0.05) is 93.9 Å². The van der Waals surface area contributed by atoms with E-state index in [1.54, 1.807) is 27.9 Å². The minimum Gasteiger partial charge on any atom is -0.376 e. The first-order chi connectivity index (χ1) is 26.5. The van der Waals surface area contributed by atoms with Crippen LogP contribution in [0.2, 0.25) is 0 Å². The second kappa shape index (κ2) is 29.7. The van der Waals surface area contributed by atoms with E-state index < -0.39 is 41.3 Å². The van der Waals surface area contributed by atoms with Crippen molar-refractivity contribution in [2.45, 2.75) is 222 Å². The Morgan fingerprint density at radius 3 is 1.61 bits per heavy atom. The van der Waals surface area contributed by atoms with Crippen LogP contribution in [0.3, 0.4) is 0 Å². The standard InChI is InChI=1S/C44H89FO11/c1-16-21-24-26-33-49-41(48-32-25-22-17-2,50-34-28-36(6)7)29-27-39(46-15)42(47-20-5,51-30-19-4)43(54-38(10)11,52-31-23-18-3)44(56-45,53-35-37(8)9)55-40(12,13)14/h36-39H,16-35H2,1-15H3. The third-order valence-corrected chi connectivity index (χ3v) is 8.92. The lowest BCUT2D eigenvalue weighted by Gasteiger charge is -2.57. The van der Waals surface area contributed by atoms with Gasteiger partial charge in [0.2, 0.25) is 0 Å². The van der Waals surface area contributed by atoms with Crippen molar-refractivity contribution < 1.29 is 56.8 Å². The monoisotopic (exact) mass is 813 g/mol. The van der Waals surface area contributed by atoms with Crippen LogP contribution < -0.4 is 0 Å². The summed E-state index contributed by atoms with van der Waals surface area (Å²) in [6.07, 6.45) is 8.61. The number of methoxy groups -OCH3 is 1. The van der Waals surface area contributed by atoms with Gasteiger partial charge in [-0.05, 0) is 96.4 Å². The molecule has 0 saturated heterocycles. The zero-order chi connectivity index (χ0) is 42.7. The Hall–Kier alpha value is -0.510. The van der Waals surface area contributed by atoms with Gasteiger partial charge in [0.1, 0.15) is 6.10 Å². The van der Waals surface area contributed by atoms with E-state index in [4.69, 9.17) is 52.3 Å². The smallest absolute Gasteiger partial charge is 0.376 e. The zero-order valence-corrected chi connectivity index (χ0v) is 38.8. The summed E-state index contributed by atoms with van der Waals surface area (Å²) in [5.74, 6) is -8.12. The highest BCUT2D eigenvalue weighted by atomic mass is 19.3. The molecule has 0 aliphatic rings. The van der Waals surface area contributed by atoms with Crippen molar-refractivity contribution >= 4 is 0 Å². The third-order valence-electron chi connectivity index (χ3n) is 8.92. The highest BCUT2D eigenvalue weighted by molar-refractivity contribution is 5.04. The van der Waals surface area contributed by atoms with Crippen molar-refractivity contribution in [3.63, 3.8) is 0 Å². The van der Waals surface area contributed by atoms with Gasteiger partial charge in [-0.25, -0.2) is 0 Å². The molecule has 11 nitrogen and oxygen atoms in total. The fourth-order valence-electron chi connectivity index (χ4n) is 6.24. The van der Waals surface area contributed by atoms with Crippen molar-refractivity contribution in [2.75, 3.05) is 53.4 Å². The van der Waals surface area contributed by atoms with Gasteiger partial charge in [0, 0.05) is 20.1 Å². The maximum absolute atomic E-state index is 16.1. The number of halogens is 1. The lowest BCUT2D eigenvalue weighted by atomic mass is 9.90. The molecule has 0 radical (unpaired) electrons. The Morgan fingerprint density at radius 1 is 0.554 bits per heavy atom. The van der Waals surface area contributed by atoms with Crippen LogP contribution in [0.1, 0.15) is 180 Å². The topological polar surface area (TPSA) is 102 Å². The van der Waals surface area contributed by atoms with Crippen molar-refractivity contribution in [1.82, 2.24) is 0 Å². The lowest BCUT2D eigenvalue weighted by Crippen LogP contribution is -2.79. The summed E-state index contributed by atoms with van der Waals surface area (Å²) < 4.78 is 82.9. The molecule has 0 amide bonds. The third kappa shape index (κ3) is 18.8. The molecule has 0 aliphatic heterocycles. The van der Waals surface area contributed by atoms with Crippen molar-refractivity contribution in [3.8, 4) is 0 Å². The van der Waals surface area contributed by atoms with Crippen LogP contribution in [0.25, 0.3) is 0 Å². The van der Waals surface area contributed by atoms with Gasteiger partial charge in [-0.3, -0.25) is 0 Å². The van der Waals surface area contributed by atoms with Gasteiger partial charge in [0.25, 0.3) is 11.8 Å². The summed E-state index contributed by atoms with van der Waals surface area (Å²) in [7, 11) is 1.56. The van der Waals surface area contributed by atoms with E-state index in [1.165, 1.54) is 0 Å². The normalized spacial score (nSPS) is 17.6. The van der Waals surface area contributed by atoms with Gasteiger partial charge in [0.15, 0.2) is 0 Å². The maximum atomic E-state index is 16.1. The predicted molar refractivity (Wildman–Crippen MR) is 221 cm³/mol. The number of unbranched alkanes of at least 4 members (excludes halogenated alkanes) is 6. The first-order valence-corrected chi connectivity index (χ1v) is 22.2. The molecule has 0 aliphatic carbocycles. The van der Waals surface area contributed by atoms with E-state index in [-0.39, 0.29) is 45.2 Å². The molecule has 0 bridgehead atoms. The maximum Gasteiger partial charge on any atom is 0.379 e. The molecular weight excluding hydrogens is 723 g/mol. The van der Waals surface area contributed by atoms with E-state index >= 15 is 4.53 Å². The summed E-state index contributed by atoms with van der Waals surface area (Å²) in [6.45, 7) is 29.2. The average molecular weight is 813 g/mol. The summed E-state index contributed by atoms with van der Waals surface area (Å²) in [5, 5.41) is 0. The molecule has 5 atom stereocenters. The summed E-state index contributed by atoms with van der Waals surface area (Å²) in [5.41, 5.74) is -1.04. The Balaban J connectivity index is 8.02. The quantitative estimate of drug-likeness (QED) is 0.0440. The van der Waals surface area contributed by atoms with Crippen molar-refractivity contribution in [1.29, 1.82) is 0 Å². The van der Waals surface area contributed by atoms with Crippen LogP contribution in [-0.2, 0) is 52.3 Å². The molecule has 0 saturated carbocycles. The van der Waals surface area contributed by atoms with Crippen LogP contribution in [0, 0.1) is 11.8 Å². The summed E-state index contributed by atoms with van der Waals surface area (Å²) >= 11 is 0. The molecule has 12 heteroatoms. The van der Waals surface area contributed by atoms with Crippen molar-refractivity contribution in [3.05, 3.63) is 0 Å². The minimum atomic E-state index is -2.66. The van der Waals surface area contributed by atoms with Crippen molar-refractivity contribution in [2.24, 2.45) is 11.8 Å². The fourth-order valence-corrected chi connectivity index (χ4v) is 6.24. The lowest BCUT2D eigenvalue weighted by molar-refractivity contribution is -0.600. The predicted octanol–water partition coefficient (Wildman–Crippen LogP) is 11.4. The molecule has 0 heterocycles. The van der Waals surface area contributed by atoms with Crippen LogP contribution in [0.4, 0.5) is 4.53 Å². The van der Waals surface area contributed by atoms with Crippen LogP contribution in [0.5, 0.6) is 0 Å². The van der Waals surface area contributed by atoms with E-state index in [1.807, 2.05) is 48.5 Å². The number of rotatable bonds is 38. The second-order valence-electron chi connectivity index (χ2n) is 16.9. The van der Waals surface area contributed by atoms with Gasteiger partial charge < -0.3 is 47.4 Å². The van der Waals surface area contributed by atoms with Gasteiger partial charge in [-0.2, -0.15) is 0 Å². The van der Waals surface area contributed by atoms with E-state index in [0.717, 1.165) is 57.8 Å². The molecule has 0 aromatic heterocycles. The highest BCUT2D eigenvalue weighted by Crippen LogP contribution is 2.51. The highest BCUT2D eigenvalue weighted by Gasteiger charge is 2.77. The Kier molecular flexibility index (Phi) is 29.4. The molecule has 338 valence electrons. The molecule has 0 rings (SSSR count). The molecule has 0 aromatic rings. The van der Waals surface area contributed by atoms with E-state index in [2.05, 4.69) is 27.7 Å². The second-order valence-corrected chi connectivity index (χ2v) is 16.9. The zero-order valence-electron chi connectivity index (χ0n) is 38.8. The minimum absolute atomic E-state index is 0.0260. The Bertz CT molecular complexity index is 935. The van der Waals surface area contributed by atoms with Gasteiger partial charge >= 0.3 is 11.8 Å². The number of ether oxygens (including phenoxy) is 10. The molecular formula is C44H89FO11. The number of hydrogen-bond donors (Lipinski definition) is 0. The largest absolute Gasteiger partial charge is 0.379 e. The van der Waals surface area contributed by atoms with Gasteiger partial charge in [0.05, 0.1) is 51.3 Å². The van der Waals surface area contributed by atoms with E-state index in [0.29, 0.717) is 38.6 Å². The van der Waals surface area contributed by atoms with Crippen LogP contribution in [-0.4, -0.2) is 94.7 Å². The fraction of sp³-hybridized carbons (Fsp3) is 1.00. The molecule has 0 aromatic carbocycles. The first kappa shape index (κ1) is 55.5. The average Bonchev–Trinajstić information content (AvgIpc) is 3.12. The van der Waals surface area contributed by atoms with Crippen LogP contribution >= 0.6 is 0 Å². The number of hydrogen-bond acceptors (Lipinski definition) is 11. The Morgan fingerprint density at radius 2 is 1.12 bits per heavy atom. The molecule has 0 fully saturated rings. The van der Waals surface area contributed by atoms with Crippen LogP contribution in [0.15, 0.2) is 0 Å². The SMILES string of the molecule is CCCCCCOC(CCC(OC)C(OCC)(OCCC)C(OCCCC)(OC(C)C)C(OF)(OCC(C)C)OC(C)(C)C)(OCCCCC)OCCC(C)C. The molecule has 5 unspecified atom stereocenters. The molecule has 56 heavy (non-hydrogen) atoms. The molecule has 0 spiro atoms. The Labute approximate surface area is 343 Å². The van der Waals surface area contributed by atoms with Gasteiger partial charge in [-0.15, -0.1) is 4.94 Å². The summed E-state index contributed by atoms with van der Waals surface area (Å²) in [6, 6.07) is 0. The molecule has 0 N–H and O–H groups in total. The summed E-state index contributed by atoms with van der Waals surface area (Å²) in [4.78, 5) is 4.99.